The largest absolute Gasteiger partial charge is 0.374 e. The highest BCUT2D eigenvalue weighted by Gasteiger charge is 2.53. The topological polar surface area (TPSA) is 40.1 Å². The highest BCUT2D eigenvalue weighted by atomic mass is 16.5. The average Bonchev–Trinajstić information content (AvgIpc) is 3.20. The summed E-state index contributed by atoms with van der Waals surface area (Å²) in [4.78, 5) is 9.46. The van der Waals surface area contributed by atoms with E-state index >= 15 is 0 Å². The first-order chi connectivity index (χ1) is 10.3. The minimum atomic E-state index is 0.532. The van der Waals surface area contributed by atoms with Crippen LogP contribution in [-0.2, 0) is 4.74 Å². The van der Waals surface area contributed by atoms with Crippen molar-refractivity contribution < 1.29 is 4.74 Å². The van der Waals surface area contributed by atoms with E-state index in [0.717, 1.165) is 37.4 Å². The second-order valence-corrected chi connectivity index (χ2v) is 7.23. The summed E-state index contributed by atoms with van der Waals surface area (Å²) in [5.41, 5.74) is 0. The fourth-order valence-corrected chi connectivity index (χ4v) is 4.91. The number of ether oxygens (including phenoxy) is 1. The molecule has 4 aliphatic rings. The molecule has 118 valence electrons. The Morgan fingerprint density at radius 1 is 1.19 bits per heavy atom. The molecule has 0 spiro atoms. The molecule has 2 bridgehead atoms. The maximum Gasteiger partial charge on any atom is 0.193 e. The summed E-state index contributed by atoms with van der Waals surface area (Å²) in [7, 11) is 4.15. The minimum absolute atomic E-state index is 0.532. The number of hydrogen-bond donors (Lipinski definition) is 1. The Morgan fingerprint density at radius 3 is 2.48 bits per heavy atom. The van der Waals surface area contributed by atoms with Crippen molar-refractivity contribution in [1.29, 1.82) is 0 Å². The Hall–Kier alpha value is -0.810. The lowest BCUT2D eigenvalue weighted by molar-refractivity contribution is 0.0767. The number of guanidine groups is 1. The summed E-state index contributed by atoms with van der Waals surface area (Å²) in [5.74, 6) is 2.59. The number of hydrogen-bond acceptors (Lipinski definition) is 3. The molecule has 0 aliphatic carbocycles. The zero-order valence-corrected chi connectivity index (χ0v) is 13.3. The highest BCUT2D eigenvalue weighted by molar-refractivity contribution is 5.80. The molecular formula is C16H28N4O. The van der Waals surface area contributed by atoms with Crippen LogP contribution in [0.3, 0.4) is 0 Å². The molecule has 0 aromatic carbocycles. The fourth-order valence-electron chi connectivity index (χ4n) is 4.91. The van der Waals surface area contributed by atoms with Crippen molar-refractivity contribution in [3.8, 4) is 0 Å². The predicted molar refractivity (Wildman–Crippen MR) is 83.5 cm³/mol. The Balaban J connectivity index is 1.35. The third-order valence-corrected chi connectivity index (χ3v) is 6.13. The van der Waals surface area contributed by atoms with Crippen LogP contribution in [0.5, 0.6) is 0 Å². The van der Waals surface area contributed by atoms with Crippen LogP contribution < -0.4 is 5.32 Å². The van der Waals surface area contributed by atoms with Gasteiger partial charge in [-0.25, -0.2) is 0 Å². The van der Waals surface area contributed by atoms with E-state index in [-0.39, 0.29) is 0 Å². The first kappa shape index (κ1) is 13.8. The first-order valence-electron chi connectivity index (χ1n) is 8.57. The number of likely N-dealkylation sites (N-methyl/N-ethyl adjacent to an activating group) is 1. The van der Waals surface area contributed by atoms with Gasteiger partial charge >= 0.3 is 0 Å². The van der Waals surface area contributed by atoms with Crippen LogP contribution >= 0.6 is 0 Å². The Kier molecular flexibility index (Phi) is 3.58. The van der Waals surface area contributed by atoms with Crippen molar-refractivity contribution in [3.05, 3.63) is 0 Å². The van der Waals surface area contributed by atoms with Crippen LogP contribution in [0.1, 0.15) is 25.7 Å². The van der Waals surface area contributed by atoms with Gasteiger partial charge in [0.05, 0.1) is 12.2 Å². The standard InChI is InChI=1S/C16H28N4O/c1-17-16(18-8-11-4-3-7-19(11)2)20-9-12-13(10-20)15-6-5-14(12)21-15/h11-15H,3-10H2,1-2H3,(H,17,18). The van der Waals surface area contributed by atoms with Crippen LogP contribution in [0.25, 0.3) is 0 Å². The third kappa shape index (κ3) is 2.34. The van der Waals surface area contributed by atoms with Crippen molar-refractivity contribution in [2.24, 2.45) is 16.8 Å². The summed E-state index contributed by atoms with van der Waals surface area (Å²) in [6.45, 7) is 4.52. The number of rotatable bonds is 2. The third-order valence-electron chi connectivity index (χ3n) is 6.13. The zero-order valence-electron chi connectivity index (χ0n) is 13.3. The molecule has 5 unspecified atom stereocenters. The molecule has 21 heavy (non-hydrogen) atoms. The molecule has 5 heteroatoms. The summed E-state index contributed by atoms with van der Waals surface area (Å²) < 4.78 is 6.06. The van der Waals surface area contributed by atoms with Crippen molar-refractivity contribution in [1.82, 2.24) is 15.1 Å². The Morgan fingerprint density at radius 2 is 1.90 bits per heavy atom. The maximum atomic E-state index is 6.06. The van der Waals surface area contributed by atoms with E-state index in [1.807, 2.05) is 7.05 Å². The lowest BCUT2D eigenvalue weighted by Gasteiger charge is -2.26. The summed E-state index contributed by atoms with van der Waals surface area (Å²) in [6, 6.07) is 0.670. The second-order valence-electron chi connectivity index (χ2n) is 7.23. The van der Waals surface area contributed by atoms with Crippen molar-refractivity contribution in [3.63, 3.8) is 0 Å². The molecule has 0 radical (unpaired) electrons. The van der Waals surface area contributed by atoms with E-state index in [1.165, 1.54) is 32.2 Å². The maximum absolute atomic E-state index is 6.06. The molecule has 0 aromatic heterocycles. The summed E-state index contributed by atoms with van der Waals surface area (Å²) in [5, 5.41) is 3.62. The number of fused-ring (bicyclic) bond motifs is 5. The number of nitrogens with zero attached hydrogens (tertiary/aromatic N) is 3. The molecule has 0 amide bonds. The van der Waals surface area contributed by atoms with Gasteiger partial charge in [-0.2, -0.15) is 0 Å². The van der Waals surface area contributed by atoms with Crippen LogP contribution in [0.15, 0.2) is 4.99 Å². The van der Waals surface area contributed by atoms with Crippen LogP contribution in [-0.4, -0.2) is 74.3 Å². The molecule has 4 aliphatic heterocycles. The highest BCUT2D eigenvalue weighted by Crippen LogP contribution is 2.47. The molecule has 4 fully saturated rings. The van der Waals surface area contributed by atoms with E-state index in [4.69, 9.17) is 4.74 Å². The zero-order chi connectivity index (χ0) is 14.4. The van der Waals surface area contributed by atoms with Gasteiger partial charge in [0, 0.05) is 44.6 Å². The first-order valence-corrected chi connectivity index (χ1v) is 8.57. The van der Waals surface area contributed by atoms with E-state index in [9.17, 15) is 0 Å². The quantitative estimate of drug-likeness (QED) is 0.603. The second kappa shape index (κ2) is 5.43. The van der Waals surface area contributed by atoms with Crippen LogP contribution in [0, 0.1) is 11.8 Å². The van der Waals surface area contributed by atoms with Gasteiger partial charge in [-0.05, 0) is 39.3 Å². The van der Waals surface area contributed by atoms with Crippen LogP contribution in [0.2, 0.25) is 0 Å². The Labute approximate surface area is 127 Å². The summed E-state index contributed by atoms with van der Waals surface area (Å²) >= 11 is 0. The van der Waals surface area contributed by atoms with Crippen molar-refractivity contribution >= 4 is 5.96 Å². The lowest BCUT2D eigenvalue weighted by atomic mass is 9.82. The van der Waals surface area contributed by atoms with Gasteiger partial charge in [-0.15, -0.1) is 0 Å². The van der Waals surface area contributed by atoms with E-state index in [1.54, 1.807) is 0 Å². The Bertz CT molecular complexity index is 409. The van der Waals surface area contributed by atoms with Gasteiger partial charge < -0.3 is 19.9 Å². The van der Waals surface area contributed by atoms with E-state index in [0.29, 0.717) is 18.2 Å². The molecule has 1 N–H and O–H groups in total. The van der Waals surface area contributed by atoms with E-state index in [2.05, 4.69) is 27.2 Å². The van der Waals surface area contributed by atoms with E-state index < -0.39 is 0 Å². The van der Waals surface area contributed by atoms with Gasteiger partial charge in [-0.1, -0.05) is 0 Å². The van der Waals surface area contributed by atoms with Gasteiger partial charge in [0.25, 0.3) is 0 Å². The molecule has 4 rings (SSSR count). The summed E-state index contributed by atoms with van der Waals surface area (Å²) in [6.07, 6.45) is 6.25. The number of nitrogens with one attached hydrogen (secondary N) is 1. The van der Waals surface area contributed by atoms with Crippen molar-refractivity contribution in [2.75, 3.05) is 40.3 Å². The van der Waals surface area contributed by atoms with Crippen molar-refractivity contribution in [2.45, 2.75) is 43.9 Å². The smallest absolute Gasteiger partial charge is 0.193 e. The number of likely N-dealkylation sites (tertiary alicyclic amines) is 2. The molecule has 4 heterocycles. The van der Waals surface area contributed by atoms with Gasteiger partial charge in [0.1, 0.15) is 0 Å². The molecule has 5 nitrogen and oxygen atoms in total. The molecule has 5 atom stereocenters. The number of aliphatic imine (C=N–C) groups is 1. The predicted octanol–water partition coefficient (Wildman–Crippen LogP) is 0.765. The van der Waals surface area contributed by atoms with Gasteiger partial charge in [-0.3, -0.25) is 4.99 Å². The monoisotopic (exact) mass is 292 g/mol. The van der Waals surface area contributed by atoms with Crippen LogP contribution in [0.4, 0.5) is 0 Å². The minimum Gasteiger partial charge on any atom is -0.374 e. The average molecular weight is 292 g/mol. The molecule has 0 saturated carbocycles. The SMILES string of the molecule is CN=C(NCC1CCCN1C)N1CC2C3CCC(O3)C2C1. The lowest BCUT2D eigenvalue weighted by Crippen LogP contribution is -2.46. The van der Waals surface area contributed by atoms with Gasteiger partial charge in [0.15, 0.2) is 5.96 Å². The molecular weight excluding hydrogens is 264 g/mol. The normalized spacial score (nSPS) is 42.9. The fraction of sp³-hybridized carbons (Fsp3) is 0.938. The molecule has 0 aromatic rings. The molecule has 4 saturated heterocycles. The van der Waals surface area contributed by atoms with Gasteiger partial charge in [0.2, 0.25) is 0 Å².